The molecule has 0 heterocycles. The van der Waals surface area contributed by atoms with Crippen LogP contribution in [0.25, 0.3) is 0 Å². The average Bonchev–Trinajstić information content (AvgIpc) is 2.66. The fourth-order valence-corrected chi connectivity index (χ4v) is 2.46. The molecule has 2 amide bonds. The largest absolute Gasteiger partial charge is 0.497 e. The summed E-state index contributed by atoms with van der Waals surface area (Å²) in [5, 5.41) is 5.59. The molecule has 0 saturated heterocycles. The number of benzene rings is 2. The molecule has 2 aromatic carbocycles. The van der Waals surface area contributed by atoms with Crippen LogP contribution in [0.15, 0.2) is 54.6 Å². The second-order valence-corrected chi connectivity index (χ2v) is 5.53. The molecular weight excluding hydrogens is 320 g/mol. The van der Waals surface area contributed by atoms with Crippen LogP contribution in [0.2, 0.25) is 0 Å². The van der Waals surface area contributed by atoms with Gasteiger partial charge in [-0.05, 0) is 36.8 Å². The molecule has 25 heavy (non-hydrogen) atoms. The number of carbonyl (C=O) groups is 2. The van der Waals surface area contributed by atoms with E-state index in [0.29, 0.717) is 11.4 Å². The van der Waals surface area contributed by atoms with Crippen LogP contribution in [-0.4, -0.2) is 26.2 Å². The van der Waals surface area contributed by atoms with Gasteiger partial charge in [-0.3, -0.25) is 4.79 Å². The first kappa shape index (κ1) is 18.3. The van der Waals surface area contributed by atoms with Crippen LogP contribution < -0.4 is 15.4 Å². The minimum absolute atomic E-state index is 0.390. The SMILES string of the molecule is COC(=O)[C@H](C)[C@@H](NC(=O)Nc1ccc(OC)cc1)c1ccccc1. The minimum atomic E-state index is -0.533. The van der Waals surface area contributed by atoms with E-state index in [4.69, 9.17) is 9.47 Å². The summed E-state index contributed by atoms with van der Waals surface area (Å²) in [4.78, 5) is 24.3. The van der Waals surface area contributed by atoms with Crippen molar-refractivity contribution in [2.45, 2.75) is 13.0 Å². The lowest BCUT2D eigenvalue weighted by atomic mass is 9.94. The molecule has 0 radical (unpaired) electrons. The number of rotatable bonds is 6. The Bertz CT molecular complexity index is 701. The van der Waals surface area contributed by atoms with Gasteiger partial charge in [-0.15, -0.1) is 0 Å². The lowest BCUT2D eigenvalue weighted by Gasteiger charge is -2.24. The smallest absolute Gasteiger partial charge is 0.319 e. The molecular formula is C19H22N2O4. The number of ether oxygens (including phenoxy) is 2. The van der Waals surface area contributed by atoms with Crippen molar-refractivity contribution in [3.05, 3.63) is 60.2 Å². The standard InChI is InChI=1S/C19H22N2O4/c1-13(18(22)25-3)17(14-7-5-4-6-8-14)21-19(23)20-15-9-11-16(24-2)12-10-15/h4-13,17H,1-3H3,(H2,20,21,23)/t13-,17-/m1/s1. The Morgan fingerprint density at radius 3 is 2.16 bits per heavy atom. The van der Waals surface area contributed by atoms with Gasteiger partial charge in [-0.1, -0.05) is 30.3 Å². The van der Waals surface area contributed by atoms with Gasteiger partial charge >= 0.3 is 12.0 Å². The summed E-state index contributed by atoms with van der Waals surface area (Å²) in [6.07, 6.45) is 0. The maximum atomic E-state index is 12.4. The van der Waals surface area contributed by atoms with Crippen molar-refractivity contribution in [2.24, 2.45) is 5.92 Å². The zero-order valence-corrected chi connectivity index (χ0v) is 14.5. The van der Waals surface area contributed by atoms with Gasteiger partial charge in [0.15, 0.2) is 0 Å². The van der Waals surface area contributed by atoms with Gasteiger partial charge in [0.05, 0.1) is 26.2 Å². The van der Waals surface area contributed by atoms with Gasteiger partial charge in [-0.2, -0.15) is 0 Å². The fourth-order valence-electron chi connectivity index (χ4n) is 2.46. The van der Waals surface area contributed by atoms with Gasteiger partial charge in [0.2, 0.25) is 0 Å². The third-order valence-corrected chi connectivity index (χ3v) is 3.87. The molecule has 0 bridgehead atoms. The van der Waals surface area contributed by atoms with E-state index in [1.807, 2.05) is 30.3 Å². The Kier molecular flexibility index (Phi) is 6.39. The number of urea groups is 1. The van der Waals surface area contributed by atoms with Crippen molar-refractivity contribution in [2.75, 3.05) is 19.5 Å². The second-order valence-electron chi connectivity index (χ2n) is 5.53. The van der Waals surface area contributed by atoms with E-state index in [1.165, 1.54) is 7.11 Å². The van der Waals surface area contributed by atoms with Gasteiger partial charge in [0, 0.05) is 5.69 Å². The molecule has 0 aliphatic heterocycles. The Labute approximate surface area is 147 Å². The molecule has 6 nitrogen and oxygen atoms in total. The number of nitrogens with one attached hydrogen (secondary N) is 2. The monoisotopic (exact) mass is 342 g/mol. The molecule has 2 rings (SSSR count). The number of hydrogen-bond acceptors (Lipinski definition) is 4. The van der Waals surface area contributed by atoms with Gasteiger partial charge in [0.1, 0.15) is 5.75 Å². The molecule has 0 fully saturated rings. The molecule has 0 aliphatic carbocycles. The molecule has 0 saturated carbocycles. The van der Waals surface area contributed by atoms with E-state index in [-0.39, 0.29) is 0 Å². The summed E-state index contributed by atoms with van der Waals surface area (Å²) in [5.41, 5.74) is 1.45. The third kappa shape index (κ3) is 4.97. The predicted octanol–water partition coefficient (Wildman–Crippen LogP) is 3.37. The number of amides is 2. The normalized spacial score (nSPS) is 12.6. The highest BCUT2D eigenvalue weighted by atomic mass is 16.5. The summed E-state index contributed by atoms with van der Waals surface area (Å²) in [6, 6.07) is 15.4. The van der Waals surface area contributed by atoms with Gasteiger partial charge in [0.25, 0.3) is 0 Å². The Balaban J connectivity index is 2.12. The number of hydrogen-bond donors (Lipinski definition) is 2. The summed E-state index contributed by atoms with van der Waals surface area (Å²) < 4.78 is 9.90. The summed E-state index contributed by atoms with van der Waals surface area (Å²) in [7, 11) is 2.91. The lowest BCUT2D eigenvalue weighted by Crippen LogP contribution is -2.38. The van der Waals surface area contributed by atoms with Gasteiger partial charge < -0.3 is 20.1 Å². The number of anilines is 1. The highest BCUT2D eigenvalue weighted by Crippen LogP contribution is 2.23. The van der Waals surface area contributed by atoms with Crippen molar-refractivity contribution >= 4 is 17.7 Å². The van der Waals surface area contributed by atoms with Gasteiger partial charge in [-0.25, -0.2) is 4.79 Å². The summed E-state index contributed by atoms with van der Waals surface area (Å²) in [6.45, 7) is 1.72. The number of methoxy groups -OCH3 is 2. The average molecular weight is 342 g/mol. The van der Waals surface area contributed by atoms with Crippen LogP contribution in [0, 0.1) is 5.92 Å². The van der Waals surface area contributed by atoms with E-state index in [2.05, 4.69) is 10.6 Å². The third-order valence-electron chi connectivity index (χ3n) is 3.87. The quantitative estimate of drug-likeness (QED) is 0.789. The Morgan fingerprint density at radius 1 is 0.960 bits per heavy atom. The molecule has 132 valence electrons. The number of carbonyl (C=O) groups excluding carboxylic acids is 2. The maximum absolute atomic E-state index is 12.4. The van der Waals surface area contributed by atoms with E-state index >= 15 is 0 Å². The van der Waals surface area contributed by atoms with Crippen molar-refractivity contribution < 1.29 is 19.1 Å². The summed E-state index contributed by atoms with van der Waals surface area (Å²) in [5.74, 6) is -0.222. The zero-order valence-electron chi connectivity index (χ0n) is 14.5. The Morgan fingerprint density at radius 2 is 1.60 bits per heavy atom. The Hall–Kier alpha value is -3.02. The molecule has 0 spiro atoms. The first-order chi connectivity index (χ1) is 12.0. The lowest BCUT2D eigenvalue weighted by molar-refractivity contribution is -0.145. The van der Waals surface area contributed by atoms with Crippen molar-refractivity contribution in [1.29, 1.82) is 0 Å². The van der Waals surface area contributed by atoms with Crippen molar-refractivity contribution in [1.82, 2.24) is 5.32 Å². The summed E-state index contributed by atoms with van der Waals surface area (Å²) >= 11 is 0. The van der Waals surface area contributed by atoms with Crippen LogP contribution in [0.5, 0.6) is 5.75 Å². The molecule has 0 aromatic heterocycles. The van der Waals surface area contributed by atoms with E-state index < -0.39 is 24.0 Å². The zero-order chi connectivity index (χ0) is 18.2. The molecule has 0 unspecified atom stereocenters. The second kappa shape index (κ2) is 8.73. The highest BCUT2D eigenvalue weighted by Gasteiger charge is 2.27. The van der Waals surface area contributed by atoms with Crippen molar-refractivity contribution in [3.63, 3.8) is 0 Å². The minimum Gasteiger partial charge on any atom is -0.497 e. The van der Waals surface area contributed by atoms with E-state index in [1.54, 1.807) is 38.3 Å². The van der Waals surface area contributed by atoms with Crippen LogP contribution in [0.3, 0.4) is 0 Å². The van der Waals surface area contributed by atoms with E-state index in [0.717, 1.165) is 5.56 Å². The van der Waals surface area contributed by atoms with Crippen LogP contribution >= 0.6 is 0 Å². The molecule has 2 aromatic rings. The highest BCUT2D eigenvalue weighted by molar-refractivity contribution is 5.90. The molecule has 6 heteroatoms. The maximum Gasteiger partial charge on any atom is 0.319 e. The fraction of sp³-hybridized carbons (Fsp3) is 0.263. The number of esters is 1. The first-order valence-corrected chi connectivity index (χ1v) is 7.89. The van der Waals surface area contributed by atoms with E-state index in [9.17, 15) is 9.59 Å². The van der Waals surface area contributed by atoms with Crippen molar-refractivity contribution in [3.8, 4) is 5.75 Å². The predicted molar refractivity (Wildman–Crippen MR) is 95.5 cm³/mol. The topological polar surface area (TPSA) is 76.7 Å². The van der Waals surface area contributed by atoms with Crippen LogP contribution in [-0.2, 0) is 9.53 Å². The molecule has 2 N–H and O–H groups in total. The van der Waals surface area contributed by atoms with Crippen LogP contribution in [0.1, 0.15) is 18.5 Å². The first-order valence-electron chi connectivity index (χ1n) is 7.89. The van der Waals surface area contributed by atoms with Crippen LogP contribution in [0.4, 0.5) is 10.5 Å². The molecule has 2 atom stereocenters. The molecule has 0 aliphatic rings.